The zero-order chi connectivity index (χ0) is 14.3. The summed E-state index contributed by atoms with van der Waals surface area (Å²) in [6.07, 6.45) is 0. The minimum Gasteiger partial charge on any atom is -0.379 e. The quantitative estimate of drug-likeness (QED) is 0.831. The van der Waals surface area contributed by atoms with E-state index in [1.54, 1.807) is 0 Å². The molecule has 0 spiro atoms. The van der Waals surface area contributed by atoms with Crippen LogP contribution in [0.5, 0.6) is 0 Å². The number of nitrogens with zero attached hydrogens (tertiary/aromatic N) is 1. The molecular weight excluding hydrogens is 280 g/mol. The Morgan fingerprint density at radius 3 is 2.71 bits per heavy atom. The molecule has 1 saturated heterocycles. The molecule has 0 unspecified atom stereocenters. The van der Waals surface area contributed by atoms with Crippen molar-refractivity contribution in [1.29, 1.82) is 0 Å². The molecule has 0 bridgehead atoms. The van der Waals surface area contributed by atoms with Gasteiger partial charge >= 0.3 is 0 Å². The van der Waals surface area contributed by atoms with E-state index in [1.807, 2.05) is 11.3 Å². The summed E-state index contributed by atoms with van der Waals surface area (Å²) in [6.45, 7) is 7.01. The number of thiophene rings is 1. The highest BCUT2D eigenvalue weighted by Gasteiger charge is 2.09. The Morgan fingerprint density at radius 1 is 1.10 bits per heavy atom. The standard InChI is InChI=1S/C17H22N2OS/c1-2-4-15(5-3-1)16-12-17(21-14-16)13-18-6-7-19-8-10-20-11-9-19/h1-5,12,14,18H,6-11,13H2. The van der Waals surface area contributed by atoms with Crippen molar-refractivity contribution >= 4 is 11.3 Å². The van der Waals surface area contributed by atoms with Crippen molar-refractivity contribution in [2.75, 3.05) is 39.4 Å². The highest BCUT2D eigenvalue weighted by molar-refractivity contribution is 7.10. The molecule has 2 aromatic rings. The molecule has 1 aliphatic rings. The van der Waals surface area contributed by atoms with Gasteiger partial charge in [0.05, 0.1) is 13.2 Å². The lowest BCUT2D eigenvalue weighted by molar-refractivity contribution is 0.0384. The normalized spacial score (nSPS) is 16.2. The van der Waals surface area contributed by atoms with Gasteiger partial charge in [-0.3, -0.25) is 4.90 Å². The van der Waals surface area contributed by atoms with Crippen molar-refractivity contribution < 1.29 is 4.74 Å². The van der Waals surface area contributed by atoms with Gasteiger partial charge in [0, 0.05) is 37.6 Å². The number of benzene rings is 1. The predicted octanol–water partition coefficient (Wildman–Crippen LogP) is 2.84. The number of ether oxygens (including phenoxy) is 1. The Morgan fingerprint density at radius 2 is 1.90 bits per heavy atom. The lowest BCUT2D eigenvalue weighted by Crippen LogP contribution is -2.40. The van der Waals surface area contributed by atoms with Crippen LogP contribution in [-0.4, -0.2) is 44.3 Å². The highest BCUT2D eigenvalue weighted by Crippen LogP contribution is 2.25. The zero-order valence-electron chi connectivity index (χ0n) is 12.3. The first-order chi connectivity index (χ1) is 10.4. The molecule has 112 valence electrons. The molecule has 1 fully saturated rings. The fourth-order valence-corrected chi connectivity index (χ4v) is 3.39. The lowest BCUT2D eigenvalue weighted by Gasteiger charge is -2.26. The third kappa shape index (κ3) is 4.38. The van der Waals surface area contributed by atoms with Gasteiger partial charge in [0.15, 0.2) is 0 Å². The highest BCUT2D eigenvalue weighted by atomic mass is 32.1. The molecule has 2 heterocycles. The van der Waals surface area contributed by atoms with E-state index in [0.29, 0.717) is 0 Å². The van der Waals surface area contributed by atoms with Crippen LogP contribution >= 0.6 is 11.3 Å². The first-order valence-corrected chi connectivity index (χ1v) is 8.43. The van der Waals surface area contributed by atoms with Gasteiger partial charge in [-0.2, -0.15) is 0 Å². The maximum absolute atomic E-state index is 5.36. The molecule has 0 amide bonds. The molecule has 0 saturated carbocycles. The molecule has 0 radical (unpaired) electrons. The van der Waals surface area contributed by atoms with Gasteiger partial charge in [-0.25, -0.2) is 0 Å². The predicted molar refractivity (Wildman–Crippen MR) is 88.7 cm³/mol. The van der Waals surface area contributed by atoms with Crippen LogP contribution in [-0.2, 0) is 11.3 Å². The van der Waals surface area contributed by atoms with Crippen LogP contribution in [0.15, 0.2) is 41.8 Å². The van der Waals surface area contributed by atoms with E-state index >= 15 is 0 Å². The van der Waals surface area contributed by atoms with E-state index < -0.39 is 0 Å². The number of hydrogen-bond acceptors (Lipinski definition) is 4. The summed E-state index contributed by atoms with van der Waals surface area (Å²) in [7, 11) is 0. The van der Waals surface area contributed by atoms with Crippen LogP contribution in [0.1, 0.15) is 4.88 Å². The molecule has 3 rings (SSSR count). The summed E-state index contributed by atoms with van der Waals surface area (Å²) in [4.78, 5) is 3.86. The van der Waals surface area contributed by atoms with Gasteiger partial charge in [0.25, 0.3) is 0 Å². The Balaban J connectivity index is 1.42. The van der Waals surface area contributed by atoms with Crippen LogP contribution in [0.25, 0.3) is 11.1 Å². The summed E-state index contributed by atoms with van der Waals surface area (Å²) >= 11 is 1.83. The minimum absolute atomic E-state index is 0.880. The van der Waals surface area contributed by atoms with Crippen LogP contribution in [0.2, 0.25) is 0 Å². The van der Waals surface area contributed by atoms with Crippen LogP contribution in [0, 0.1) is 0 Å². The summed E-state index contributed by atoms with van der Waals surface area (Å²) in [5.74, 6) is 0. The van der Waals surface area contributed by atoms with Crippen LogP contribution < -0.4 is 5.32 Å². The maximum atomic E-state index is 5.36. The van der Waals surface area contributed by atoms with E-state index in [-0.39, 0.29) is 0 Å². The number of morpholine rings is 1. The molecule has 1 N–H and O–H groups in total. The van der Waals surface area contributed by atoms with E-state index in [2.05, 4.69) is 52.0 Å². The van der Waals surface area contributed by atoms with E-state index in [1.165, 1.54) is 16.0 Å². The third-order valence-electron chi connectivity index (χ3n) is 3.77. The van der Waals surface area contributed by atoms with Gasteiger partial charge < -0.3 is 10.1 Å². The van der Waals surface area contributed by atoms with Gasteiger partial charge in [-0.05, 0) is 22.6 Å². The monoisotopic (exact) mass is 302 g/mol. The smallest absolute Gasteiger partial charge is 0.0594 e. The zero-order valence-corrected chi connectivity index (χ0v) is 13.1. The Bertz CT molecular complexity index is 535. The Labute approximate surface area is 130 Å². The molecule has 0 aliphatic carbocycles. The Hall–Kier alpha value is -1.20. The van der Waals surface area contributed by atoms with E-state index in [9.17, 15) is 0 Å². The first kappa shape index (κ1) is 14.7. The number of hydrogen-bond donors (Lipinski definition) is 1. The fourth-order valence-electron chi connectivity index (χ4n) is 2.53. The van der Waals surface area contributed by atoms with Crippen molar-refractivity contribution in [2.24, 2.45) is 0 Å². The van der Waals surface area contributed by atoms with Crippen molar-refractivity contribution in [2.45, 2.75) is 6.54 Å². The average Bonchev–Trinajstić information content (AvgIpc) is 3.02. The van der Waals surface area contributed by atoms with Crippen molar-refractivity contribution in [1.82, 2.24) is 10.2 Å². The molecule has 1 aromatic carbocycles. The third-order valence-corrected chi connectivity index (χ3v) is 4.71. The summed E-state index contributed by atoms with van der Waals surface area (Å²) < 4.78 is 5.36. The van der Waals surface area contributed by atoms with Gasteiger partial charge in [-0.1, -0.05) is 30.3 Å². The van der Waals surface area contributed by atoms with Crippen molar-refractivity contribution in [3.8, 4) is 11.1 Å². The van der Waals surface area contributed by atoms with Crippen molar-refractivity contribution in [3.05, 3.63) is 46.7 Å². The molecule has 21 heavy (non-hydrogen) atoms. The molecule has 1 aliphatic heterocycles. The molecule has 4 heteroatoms. The molecule has 0 atom stereocenters. The second kappa shape index (κ2) is 7.71. The molecule has 1 aromatic heterocycles. The molecular formula is C17H22N2OS. The Kier molecular flexibility index (Phi) is 5.40. The maximum Gasteiger partial charge on any atom is 0.0594 e. The summed E-state index contributed by atoms with van der Waals surface area (Å²) in [6, 6.07) is 12.9. The summed E-state index contributed by atoms with van der Waals surface area (Å²) in [5.41, 5.74) is 2.62. The largest absolute Gasteiger partial charge is 0.379 e. The second-order valence-corrected chi connectivity index (χ2v) is 6.29. The average molecular weight is 302 g/mol. The van der Waals surface area contributed by atoms with E-state index in [0.717, 1.165) is 45.9 Å². The summed E-state index contributed by atoms with van der Waals surface area (Å²) in [5, 5.41) is 5.79. The van der Waals surface area contributed by atoms with Crippen LogP contribution in [0.3, 0.4) is 0 Å². The first-order valence-electron chi connectivity index (χ1n) is 7.55. The SMILES string of the molecule is c1ccc(-c2csc(CNCCN3CCOCC3)c2)cc1. The molecule has 3 nitrogen and oxygen atoms in total. The van der Waals surface area contributed by atoms with Gasteiger partial charge in [0.1, 0.15) is 0 Å². The number of nitrogens with one attached hydrogen (secondary N) is 1. The fraction of sp³-hybridized carbons (Fsp3) is 0.412. The van der Waals surface area contributed by atoms with Gasteiger partial charge in [0.2, 0.25) is 0 Å². The van der Waals surface area contributed by atoms with E-state index in [4.69, 9.17) is 4.74 Å². The topological polar surface area (TPSA) is 24.5 Å². The second-order valence-electron chi connectivity index (χ2n) is 5.30. The van der Waals surface area contributed by atoms with Gasteiger partial charge in [-0.15, -0.1) is 11.3 Å². The lowest BCUT2D eigenvalue weighted by atomic mass is 10.1. The minimum atomic E-state index is 0.880. The van der Waals surface area contributed by atoms with Crippen LogP contribution in [0.4, 0.5) is 0 Å². The van der Waals surface area contributed by atoms with Crippen molar-refractivity contribution in [3.63, 3.8) is 0 Å². The number of rotatable bonds is 6.